The lowest BCUT2D eigenvalue weighted by Gasteiger charge is -2.40. The summed E-state index contributed by atoms with van der Waals surface area (Å²) in [4.78, 5) is 33.7. The first kappa shape index (κ1) is 25.4. The summed E-state index contributed by atoms with van der Waals surface area (Å²) < 4.78 is 21.3. The van der Waals surface area contributed by atoms with Gasteiger partial charge in [-0.05, 0) is 25.7 Å². The quantitative estimate of drug-likeness (QED) is 0.354. The summed E-state index contributed by atoms with van der Waals surface area (Å²) in [5.74, 6) is -0.929. The molecule has 7 nitrogen and oxygen atoms in total. The lowest BCUT2D eigenvalue weighted by atomic mass is 9.70. The third-order valence-electron chi connectivity index (χ3n) is 4.17. The molecule has 0 bridgehead atoms. The van der Waals surface area contributed by atoms with Gasteiger partial charge in [0.25, 0.3) is 0 Å². The number of rotatable bonds is 13. The summed E-state index contributed by atoms with van der Waals surface area (Å²) in [5.41, 5.74) is -0.824. The van der Waals surface area contributed by atoms with Crippen LogP contribution in [0, 0.1) is 16.7 Å². The Balaban J connectivity index is 5.29. The van der Waals surface area contributed by atoms with Gasteiger partial charge in [-0.2, -0.15) is 0 Å². The average Bonchev–Trinajstić information content (AvgIpc) is 2.55. The van der Waals surface area contributed by atoms with Crippen LogP contribution in [0.15, 0.2) is 0 Å². The third-order valence-corrected chi connectivity index (χ3v) is 4.17. The van der Waals surface area contributed by atoms with Gasteiger partial charge in [-0.3, -0.25) is 14.4 Å². The Morgan fingerprint density at radius 1 is 0.815 bits per heavy atom. The summed E-state index contributed by atoms with van der Waals surface area (Å²) in [6.07, 6.45) is 1.29. The molecular formula is C20H36O7. The molecule has 0 aromatic heterocycles. The largest absolute Gasteiger partial charge is 0.466 e. The molecule has 0 saturated carbocycles. The monoisotopic (exact) mass is 388 g/mol. The minimum absolute atomic E-state index is 0.0829. The van der Waals surface area contributed by atoms with E-state index in [4.69, 9.17) is 18.9 Å². The Morgan fingerprint density at radius 2 is 1.30 bits per heavy atom. The fourth-order valence-corrected chi connectivity index (χ4v) is 3.42. The smallest absolute Gasteiger partial charge is 0.302 e. The maximum atomic E-state index is 11.4. The van der Waals surface area contributed by atoms with Crippen molar-refractivity contribution < 1.29 is 33.3 Å². The molecule has 0 aromatic rings. The normalized spacial score (nSPS) is 16.6. The summed E-state index contributed by atoms with van der Waals surface area (Å²) in [5, 5.41) is 0. The van der Waals surface area contributed by atoms with Gasteiger partial charge in [-0.15, -0.1) is 0 Å². The van der Waals surface area contributed by atoms with Gasteiger partial charge in [0.1, 0.15) is 0 Å². The van der Waals surface area contributed by atoms with Crippen molar-refractivity contribution in [3.63, 3.8) is 0 Å². The number of esters is 3. The topological polar surface area (TPSA) is 88.1 Å². The molecule has 27 heavy (non-hydrogen) atoms. The number of carbonyl (C=O) groups excluding carboxylic acids is 3. The van der Waals surface area contributed by atoms with Gasteiger partial charge >= 0.3 is 17.9 Å². The van der Waals surface area contributed by atoms with Crippen LogP contribution in [0.2, 0.25) is 0 Å². The van der Waals surface area contributed by atoms with Crippen LogP contribution in [-0.4, -0.2) is 50.9 Å². The zero-order chi connectivity index (χ0) is 21.1. The van der Waals surface area contributed by atoms with Crippen molar-refractivity contribution in [2.75, 3.05) is 33.0 Å². The first-order chi connectivity index (χ1) is 12.4. The van der Waals surface area contributed by atoms with E-state index >= 15 is 0 Å². The van der Waals surface area contributed by atoms with Crippen LogP contribution in [0.4, 0.5) is 0 Å². The van der Waals surface area contributed by atoms with Gasteiger partial charge in [-0.25, -0.2) is 0 Å². The Bertz CT molecular complexity index is 491. The van der Waals surface area contributed by atoms with Crippen molar-refractivity contribution in [2.24, 2.45) is 16.7 Å². The number of carbonyl (C=O) groups is 3. The van der Waals surface area contributed by atoms with Crippen molar-refractivity contribution in [1.29, 1.82) is 0 Å². The van der Waals surface area contributed by atoms with Crippen LogP contribution in [0.5, 0.6) is 0 Å². The molecule has 7 heteroatoms. The van der Waals surface area contributed by atoms with E-state index in [1.54, 1.807) is 0 Å². The molecule has 0 fully saturated rings. The van der Waals surface area contributed by atoms with E-state index < -0.39 is 10.8 Å². The van der Waals surface area contributed by atoms with Crippen LogP contribution in [0.1, 0.15) is 61.3 Å². The minimum Gasteiger partial charge on any atom is -0.466 e. The molecule has 158 valence electrons. The fraction of sp³-hybridized carbons (Fsp3) is 0.850. The molecule has 0 radical (unpaired) electrons. The van der Waals surface area contributed by atoms with Gasteiger partial charge in [0.2, 0.25) is 0 Å². The maximum absolute atomic E-state index is 11.4. The molecule has 0 saturated heterocycles. The molecule has 0 heterocycles. The molecule has 0 aliphatic rings. The van der Waals surface area contributed by atoms with Crippen LogP contribution in [-0.2, 0) is 33.3 Å². The Labute approximate surface area is 163 Å². The van der Waals surface area contributed by atoms with Crippen molar-refractivity contribution in [3.8, 4) is 0 Å². The van der Waals surface area contributed by atoms with Crippen molar-refractivity contribution >= 4 is 17.9 Å². The van der Waals surface area contributed by atoms with E-state index in [2.05, 4.69) is 0 Å². The van der Waals surface area contributed by atoms with Crippen LogP contribution < -0.4 is 0 Å². The Hall–Kier alpha value is -1.63. The second-order valence-electron chi connectivity index (χ2n) is 8.11. The van der Waals surface area contributed by atoms with E-state index in [0.717, 1.165) is 0 Å². The van der Waals surface area contributed by atoms with Gasteiger partial charge in [-0.1, -0.05) is 20.8 Å². The van der Waals surface area contributed by atoms with Crippen LogP contribution >= 0.6 is 0 Å². The zero-order valence-electron chi connectivity index (χ0n) is 17.9. The summed E-state index contributed by atoms with van der Waals surface area (Å²) in [7, 11) is 0. The molecular weight excluding hydrogens is 352 g/mol. The van der Waals surface area contributed by atoms with Crippen molar-refractivity contribution in [3.05, 3.63) is 0 Å². The molecule has 0 aliphatic carbocycles. The average molecular weight is 389 g/mol. The SMILES string of the molecule is CCOC[C@@](C)(COC(C)=O)C[C@](C)(COC(C)=O)C[C@@H](C)COC(C)=O. The Morgan fingerprint density at radius 3 is 1.74 bits per heavy atom. The second-order valence-corrected chi connectivity index (χ2v) is 8.11. The molecule has 0 N–H and O–H groups in total. The summed E-state index contributed by atoms with van der Waals surface area (Å²) >= 11 is 0. The predicted molar refractivity (Wildman–Crippen MR) is 101 cm³/mol. The maximum Gasteiger partial charge on any atom is 0.302 e. The fourth-order valence-electron chi connectivity index (χ4n) is 3.42. The molecule has 0 aliphatic heterocycles. The Kier molecular flexibility index (Phi) is 11.2. The van der Waals surface area contributed by atoms with E-state index in [0.29, 0.717) is 32.7 Å². The summed E-state index contributed by atoms with van der Waals surface area (Å²) in [6.45, 7) is 13.8. The highest BCUT2D eigenvalue weighted by molar-refractivity contribution is 5.66. The highest BCUT2D eigenvalue weighted by atomic mass is 16.5. The van der Waals surface area contributed by atoms with E-state index in [9.17, 15) is 14.4 Å². The number of hydrogen-bond acceptors (Lipinski definition) is 7. The second kappa shape index (κ2) is 12.0. The molecule has 0 amide bonds. The molecule has 0 spiro atoms. The third kappa shape index (κ3) is 12.4. The van der Waals surface area contributed by atoms with Gasteiger partial charge < -0.3 is 18.9 Å². The van der Waals surface area contributed by atoms with Gasteiger partial charge in [0, 0.05) is 38.2 Å². The van der Waals surface area contributed by atoms with E-state index in [1.807, 2.05) is 27.7 Å². The minimum atomic E-state index is -0.433. The van der Waals surface area contributed by atoms with Crippen molar-refractivity contribution in [1.82, 2.24) is 0 Å². The van der Waals surface area contributed by atoms with Crippen molar-refractivity contribution in [2.45, 2.75) is 61.3 Å². The molecule has 0 rings (SSSR count). The molecule has 0 aromatic carbocycles. The van der Waals surface area contributed by atoms with Gasteiger partial charge in [0.05, 0.1) is 26.4 Å². The lowest BCUT2D eigenvalue weighted by molar-refractivity contribution is -0.149. The summed E-state index contributed by atoms with van der Waals surface area (Å²) in [6, 6.07) is 0. The predicted octanol–water partition coefficient (Wildman–Crippen LogP) is 3.14. The number of hydrogen-bond donors (Lipinski definition) is 0. The first-order valence-electron chi connectivity index (χ1n) is 9.39. The lowest BCUT2D eigenvalue weighted by Crippen LogP contribution is -2.39. The highest BCUT2D eigenvalue weighted by Crippen LogP contribution is 2.40. The highest BCUT2D eigenvalue weighted by Gasteiger charge is 2.38. The van der Waals surface area contributed by atoms with Crippen LogP contribution in [0.25, 0.3) is 0 Å². The van der Waals surface area contributed by atoms with E-state index in [1.165, 1.54) is 20.8 Å². The standard InChI is InChI=1S/C20H36O7/c1-8-24-12-20(7,14-27-18(5)23)11-19(6,13-26-17(4)22)9-15(2)10-25-16(3)21/h15H,8-14H2,1-7H3/t15-,19-,20+/m1/s1. The first-order valence-corrected chi connectivity index (χ1v) is 9.39. The van der Waals surface area contributed by atoms with Crippen LogP contribution in [0.3, 0.4) is 0 Å². The zero-order valence-corrected chi connectivity index (χ0v) is 17.9. The molecule has 3 atom stereocenters. The number of ether oxygens (including phenoxy) is 4. The van der Waals surface area contributed by atoms with Gasteiger partial charge in [0.15, 0.2) is 0 Å². The molecule has 0 unspecified atom stereocenters. The van der Waals surface area contributed by atoms with E-state index in [-0.39, 0.29) is 37.0 Å².